The maximum atomic E-state index is 10.8. The van der Waals surface area contributed by atoms with Crippen molar-refractivity contribution in [2.75, 3.05) is 0 Å². The SMILES string of the molecule is CC.CCCC(CCC)CC(C)=O. The molecule has 0 fully saturated rings. The highest BCUT2D eigenvalue weighted by Gasteiger charge is 2.08. The molecule has 0 radical (unpaired) electrons. The minimum atomic E-state index is 0.344. The molecule has 0 amide bonds. The number of carbonyl (C=O) groups excluding carboxylic acids is 1. The monoisotopic (exact) mass is 186 g/mol. The van der Waals surface area contributed by atoms with Crippen LogP contribution in [0.4, 0.5) is 0 Å². The van der Waals surface area contributed by atoms with Gasteiger partial charge in [0.05, 0.1) is 0 Å². The van der Waals surface area contributed by atoms with Crippen molar-refractivity contribution in [2.45, 2.75) is 66.7 Å². The number of hydrogen-bond acceptors (Lipinski definition) is 1. The van der Waals surface area contributed by atoms with Gasteiger partial charge in [-0.1, -0.05) is 53.4 Å². The topological polar surface area (TPSA) is 17.1 Å². The molecule has 0 spiro atoms. The summed E-state index contributed by atoms with van der Waals surface area (Å²) in [5.41, 5.74) is 0. The number of carbonyl (C=O) groups is 1. The molecule has 0 rings (SSSR count). The Hall–Kier alpha value is -0.330. The summed E-state index contributed by atoms with van der Waals surface area (Å²) in [5.74, 6) is 0.999. The Kier molecular flexibility index (Phi) is 13.6. The van der Waals surface area contributed by atoms with Gasteiger partial charge in [0.1, 0.15) is 5.78 Å². The summed E-state index contributed by atoms with van der Waals surface area (Å²) in [4.78, 5) is 10.8. The number of hydrogen-bond donors (Lipinski definition) is 0. The van der Waals surface area contributed by atoms with Crippen LogP contribution in [0.2, 0.25) is 0 Å². The van der Waals surface area contributed by atoms with Crippen molar-refractivity contribution < 1.29 is 4.79 Å². The summed E-state index contributed by atoms with van der Waals surface area (Å²) >= 11 is 0. The molecule has 0 saturated heterocycles. The Morgan fingerprint density at radius 3 is 1.69 bits per heavy atom. The quantitative estimate of drug-likeness (QED) is 0.607. The normalized spacial score (nSPS) is 9.38. The zero-order valence-electron chi connectivity index (χ0n) is 10.0. The van der Waals surface area contributed by atoms with Crippen molar-refractivity contribution in [3.8, 4) is 0 Å². The predicted molar refractivity (Wildman–Crippen MR) is 60.0 cm³/mol. The summed E-state index contributed by atoms with van der Waals surface area (Å²) in [6.07, 6.45) is 5.64. The van der Waals surface area contributed by atoms with Crippen molar-refractivity contribution in [3.05, 3.63) is 0 Å². The molecule has 0 aliphatic heterocycles. The van der Waals surface area contributed by atoms with E-state index in [1.165, 1.54) is 25.7 Å². The minimum Gasteiger partial charge on any atom is -0.300 e. The van der Waals surface area contributed by atoms with Gasteiger partial charge in [-0.05, 0) is 12.8 Å². The van der Waals surface area contributed by atoms with Gasteiger partial charge >= 0.3 is 0 Å². The highest BCUT2D eigenvalue weighted by atomic mass is 16.1. The van der Waals surface area contributed by atoms with Crippen molar-refractivity contribution >= 4 is 5.78 Å². The first-order chi connectivity index (χ1) is 6.20. The van der Waals surface area contributed by atoms with E-state index in [2.05, 4.69) is 13.8 Å². The third-order valence-electron chi connectivity index (χ3n) is 1.97. The van der Waals surface area contributed by atoms with Gasteiger partial charge in [-0.2, -0.15) is 0 Å². The van der Waals surface area contributed by atoms with Crippen LogP contribution >= 0.6 is 0 Å². The molecule has 13 heavy (non-hydrogen) atoms. The first-order valence-electron chi connectivity index (χ1n) is 5.70. The highest BCUT2D eigenvalue weighted by Crippen LogP contribution is 2.17. The Labute approximate surface area is 83.9 Å². The third kappa shape index (κ3) is 11.7. The fourth-order valence-corrected chi connectivity index (χ4v) is 1.57. The highest BCUT2D eigenvalue weighted by molar-refractivity contribution is 5.75. The second kappa shape index (κ2) is 11.7. The zero-order chi connectivity index (χ0) is 10.7. The van der Waals surface area contributed by atoms with Crippen LogP contribution in [0, 0.1) is 5.92 Å². The van der Waals surface area contributed by atoms with Gasteiger partial charge in [0.2, 0.25) is 0 Å². The molecule has 0 heterocycles. The first kappa shape index (κ1) is 15.2. The molecule has 1 nitrogen and oxygen atoms in total. The second-order valence-electron chi connectivity index (χ2n) is 3.35. The van der Waals surface area contributed by atoms with Gasteiger partial charge in [0.15, 0.2) is 0 Å². The summed E-state index contributed by atoms with van der Waals surface area (Å²) in [6, 6.07) is 0. The van der Waals surface area contributed by atoms with Gasteiger partial charge in [-0.3, -0.25) is 0 Å². The van der Waals surface area contributed by atoms with Crippen molar-refractivity contribution in [1.82, 2.24) is 0 Å². The van der Waals surface area contributed by atoms with Gasteiger partial charge in [-0.15, -0.1) is 0 Å². The smallest absolute Gasteiger partial charge is 0.130 e. The van der Waals surface area contributed by atoms with E-state index in [4.69, 9.17) is 0 Å². The Morgan fingerprint density at radius 2 is 1.46 bits per heavy atom. The average Bonchev–Trinajstić information content (AvgIpc) is 2.08. The first-order valence-corrected chi connectivity index (χ1v) is 5.70. The molecule has 0 bridgehead atoms. The summed E-state index contributed by atoms with van der Waals surface area (Å²) < 4.78 is 0. The van der Waals surface area contributed by atoms with Crippen LogP contribution < -0.4 is 0 Å². The van der Waals surface area contributed by atoms with Crippen LogP contribution in [0.15, 0.2) is 0 Å². The van der Waals surface area contributed by atoms with Crippen molar-refractivity contribution in [1.29, 1.82) is 0 Å². The maximum Gasteiger partial charge on any atom is 0.130 e. The lowest BCUT2D eigenvalue weighted by atomic mass is 9.93. The van der Waals surface area contributed by atoms with E-state index in [1.807, 2.05) is 13.8 Å². The predicted octanol–water partition coefficient (Wildman–Crippen LogP) is 4.21. The van der Waals surface area contributed by atoms with E-state index in [0.29, 0.717) is 11.7 Å². The number of rotatable bonds is 6. The molecular formula is C12H26O. The lowest BCUT2D eigenvalue weighted by Crippen LogP contribution is -2.05. The number of Topliss-reactive ketones (excluding diaryl/α,β-unsaturated/α-hetero) is 1. The Bertz CT molecular complexity index is 102. The average molecular weight is 186 g/mol. The lowest BCUT2D eigenvalue weighted by molar-refractivity contribution is -0.118. The Morgan fingerprint density at radius 1 is 1.08 bits per heavy atom. The fraction of sp³-hybridized carbons (Fsp3) is 0.917. The van der Waals surface area contributed by atoms with Gasteiger partial charge < -0.3 is 4.79 Å². The maximum absolute atomic E-state index is 10.8. The molecule has 0 saturated carbocycles. The minimum absolute atomic E-state index is 0.344. The van der Waals surface area contributed by atoms with E-state index in [1.54, 1.807) is 6.92 Å². The zero-order valence-corrected chi connectivity index (χ0v) is 10.0. The molecule has 0 aliphatic carbocycles. The molecule has 1 heteroatoms. The van der Waals surface area contributed by atoms with Crippen LogP contribution in [0.25, 0.3) is 0 Å². The molecule has 80 valence electrons. The summed E-state index contributed by atoms with van der Waals surface area (Å²) in [7, 11) is 0. The van der Waals surface area contributed by atoms with E-state index >= 15 is 0 Å². The molecule has 0 aromatic rings. The standard InChI is InChI=1S/C10H20O.C2H6/c1-4-6-10(7-5-2)8-9(3)11;1-2/h10H,4-8H2,1-3H3;1-2H3. The molecule has 0 aromatic heterocycles. The fourth-order valence-electron chi connectivity index (χ4n) is 1.57. The van der Waals surface area contributed by atoms with Crippen LogP contribution in [-0.4, -0.2) is 5.78 Å². The lowest BCUT2D eigenvalue weighted by Gasteiger charge is -2.12. The molecule has 0 aliphatic rings. The van der Waals surface area contributed by atoms with Crippen LogP contribution in [-0.2, 0) is 4.79 Å². The van der Waals surface area contributed by atoms with E-state index in [0.717, 1.165) is 6.42 Å². The largest absolute Gasteiger partial charge is 0.300 e. The van der Waals surface area contributed by atoms with Crippen LogP contribution in [0.5, 0.6) is 0 Å². The van der Waals surface area contributed by atoms with E-state index in [-0.39, 0.29) is 0 Å². The summed E-state index contributed by atoms with van der Waals surface area (Å²) in [5, 5.41) is 0. The van der Waals surface area contributed by atoms with Crippen molar-refractivity contribution in [3.63, 3.8) is 0 Å². The van der Waals surface area contributed by atoms with Crippen LogP contribution in [0.1, 0.15) is 66.7 Å². The molecule has 0 N–H and O–H groups in total. The molecular weight excluding hydrogens is 160 g/mol. The van der Waals surface area contributed by atoms with E-state index < -0.39 is 0 Å². The van der Waals surface area contributed by atoms with Gasteiger partial charge in [0.25, 0.3) is 0 Å². The van der Waals surface area contributed by atoms with Gasteiger partial charge in [0, 0.05) is 6.42 Å². The summed E-state index contributed by atoms with van der Waals surface area (Å²) in [6.45, 7) is 10.1. The van der Waals surface area contributed by atoms with Gasteiger partial charge in [-0.25, -0.2) is 0 Å². The van der Waals surface area contributed by atoms with Crippen molar-refractivity contribution in [2.24, 2.45) is 5.92 Å². The van der Waals surface area contributed by atoms with E-state index in [9.17, 15) is 4.79 Å². The second-order valence-corrected chi connectivity index (χ2v) is 3.35. The third-order valence-corrected chi connectivity index (χ3v) is 1.97. The van der Waals surface area contributed by atoms with Crippen LogP contribution in [0.3, 0.4) is 0 Å². The Balaban J connectivity index is 0. The number of ketones is 1. The molecule has 0 unspecified atom stereocenters. The molecule has 0 atom stereocenters. The molecule has 0 aromatic carbocycles.